The second kappa shape index (κ2) is 4.23. The van der Waals surface area contributed by atoms with Gasteiger partial charge in [-0.05, 0) is 25.1 Å². The van der Waals surface area contributed by atoms with E-state index in [2.05, 4.69) is 5.32 Å². The fraction of sp³-hybridized carbons (Fsp3) is 0.222. The molecule has 1 unspecified atom stereocenters. The quantitative estimate of drug-likeness (QED) is 0.732. The monoisotopic (exact) mass is 201 g/mol. The van der Waals surface area contributed by atoms with E-state index < -0.39 is 5.38 Å². The van der Waals surface area contributed by atoms with Crippen LogP contribution in [0.3, 0.4) is 0 Å². The van der Waals surface area contributed by atoms with Crippen LogP contribution >= 0.6 is 11.6 Å². The molecule has 13 heavy (non-hydrogen) atoms. The summed E-state index contributed by atoms with van der Waals surface area (Å²) in [4.78, 5) is 11.1. The molecule has 1 rings (SSSR count). The number of nitrogens with one attached hydrogen (secondary N) is 1. The summed E-state index contributed by atoms with van der Waals surface area (Å²) in [5.74, 6) is -0.729. The summed E-state index contributed by atoms with van der Waals surface area (Å²) >= 11 is 5.51. The van der Waals surface area contributed by atoms with Crippen LogP contribution in [0.1, 0.15) is 6.92 Å². The highest BCUT2D eigenvalue weighted by Crippen LogP contribution is 2.10. The van der Waals surface area contributed by atoms with Gasteiger partial charge in [0.05, 0.1) is 0 Å². The zero-order valence-electron chi connectivity index (χ0n) is 7.05. The Morgan fingerprint density at radius 2 is 2.31 bits per heavy atom. The van der Waals surface area contributed by atoms with Crippen LogP contribution in [-0.4, -0.2) is 11.3 Å². The van der Waals surface area contributed by atoms with Crippen LogP contribution in [0.5, 0.6) is 0 Å². The maximum absolute atomic E-state index is 12.6. The van der Waals surface area contributed by atoms with Crippen LogP contribution in [-0.2, 0) is 4.79 Å². The number of hydrogen-bond donors (Lipinski definition) is 1. The SMILES string of the molecule is CC(Cl)C(=O)Nc1cccc(F)c1. The summed E-state index contributed by atoms with van der Waals surface area (Å²) in [6, 6.07) is 5.65. The molecule has 0 bridgehead atoms. The van der Waals surface area contributed by atoms with Gasteiger partial charge in [0, 0.05) is 5.69 Å². The van der Waals surface area contributed by atoms with E-state index in [4.69, 9.17) is 11.6 Å². The van der Waals surface area contributed by atoms with E-state index in [9.17, 15) is 9.18 Å². The van der Waals surface area contributed by atoms with Crippen LogP contribution < -0.4 is 5.32 Å². The number of alkyl halides is 1. The molecule has 1 aromatic rings. The van der Waals surface area contributed by atoms with Gasteiger partial charge < -0.3 is 5.32 Å². The fourth-order valence-electron chi connectivity index (χ4n) is 0.808. The molecule has 2 nitrogen and oxygen atoms in total. The molecule has 0 saturated carbocycles. The van der Waals surface area contributed by atoms with Crippen molar-refractivity contribution in [2.75, 3.05) is 5.32 Å². The van der Waals surface area contributed by atoms with Gasteiger partial charge in [0.25, 0.3) is 0 Å². The van der Waals surface area contributed by atoms with Crippen LogP contribution in [0, 0.1) is 5.82 Å². The van der Waals surface area contributed by atoms with Gasteiger partial charge in [0.15, 0.2) is 0 Å². The first kappa shape index (κ1) is 9.99. The zero-order valence-corrected chi connectivity index (χ0v) is 7.81. The molecule has 70 valence electrons. The number of rotatable bonds is 2. The van der Waals surface area contributed by atoms with Gasteiger partial charge in [0.2, 0.25) is 5.91 Å². The second-order valence-electron chi connectivity index (χ2n) is 2.62. The van der Waals surface area contributed by atoms with Crippen molar-refractivity contribution in [3.05, 3.63) is 30.1 Å². The summed E-state index contributed by atoms with van der Waals surface area (Å²) < 4.78 is 12.6. The average molecular weight is 202 g/mol. The summed E-state index contributed by atoms with van der Waals surface area (Å²) in [6.07, 6.45) is 0. The number of carbonyl (C=O) groups excluding carboxylic acids is 1. The number of carbonyl (C=O) groups is 1. The van der Waals surface area contributed by atoms with Gasteiger partial charge in [-0.2, -0.15) is 0 Å². The highest BCUT2D eigenvalue weighted by molar-refractivity contribution is 6.32. The molecule has 0 radical (unpaired) electrons. The van der Waals surface area contributed by atoms with Crippen LogP contribution in [0.25, 0.3) is 0 Å². The van der Waals surface area contributed by atoms with Crippen LogP contribution in [0.2, 0.25) is 0 Å². The molecule has 0 saturated heterocycles. The van der Waals surface area contributed by atoms with E-state index in [1.54, 1.807) is 13.0 Å². The molecule has 0 aromatic heterocycles. The Labute approximate surface area is 80.7 Å². The summed E-state index contributed by atoms with van der Waals surface area (Å²) in [5, 5.41) is 1.85. The minimum Gasteiger partial charge on any atom is -0.325 e. The number of amides is 1. The molecule has 1 aromatic carbocycles. The van der Waals surface area contributed by atoms with Crippen LogP contribution in [0.15, 0.2) is 24.3 Å². The molecule has 0 aliphatic carbocycles. The van der Waals surface area contributed by atoms with E-state index in [-0.39, 0.29) is 11.7 Å². The Kier molecular flexibility index (Phi) is 3.25. The van der Waals surface area contributed by atoms with Gasteiger partial charge in [-0.1, -0.05) is 6.07 Å². The minimum atomic E-state index is -0.622. The topological polar surface area (TPSA) is 29.1 Å². The maximum atomic E-state index is 12.6. The summed E-state index contributed by atoms with van der Waals surface area (Å²) in [6.45, 7) is 1.55. The highest BCUT2D eigenvalue weighted by atomic mass is 35.5. The predicted octanol–water partition coefficient (Wildman–Crippen LogP) is 2.39. The maximum Gasteiger partial charge on any atom is 0.242 e. The Morgan fingerprint density at radius 1 is 1.62 bits per heavy atom. The smallest absolute Gasteiger partial charge is 0.242 e. The largest absolute Gasteiger partial charge is 0.325 e. The van der Waals surface area contributed by atoms with Crippen molar-refractivity contribution in [1.82, 2.24) is 0 Å². The van der Waals surface area contributed by atoms with Crippen molar-refractivity contribution < 1.29 is 9.18 Å². The van der Waals surface area contributed by atoms with E-state index in [0.717, 1.165) is 0 Å². The van der Waals surface area contributed by atoms with Crippen molar-refractivity contribution in [2.24, 2.45) is 0 Å². The van der Waals surface area contributed by atoms with Gasteiger partial charge in [-0.25, -0.2) is 4.39 Å². The van der Waals surface area contributed by atoms with E-state index >= 15 is 0 Å². The normalized spacial score (nSPS) is 12.2. The van der Waals surface area contributed by atoms with E-state index in [1.165, 1.54) is 18.2 Å². The van der Waals surface area contributed by atoms with Crippen molar-refractivity contribution >= 4 is 23.2 Å². The molecule has 1 amide bonds. The second-order valence-corrected chi connectivity index (χ2v) is 3.27. The molecule has 0 heterocycles. The van der Waals surface area contributed by atoms with Crippen LogP contribution in [0.4, 0.5) is 10.1 Å². The number of halogens is 2. The third-order valence-electron chi connectivity index (χ3n) is 1.45. The lowest BCUT2D eigenvalue weighted by atomic mass is 10.3. The highest BCUT2D eigenvalue weighted by Gasteiger charge is 2.08. The average Bonchev–Trinajstić information content (AvgIpc) is 2.04. The molecule has 0 spiro atoms. The number of hydrogen-bond acceptors (Lipinski definition) is 1. The van der Waals surface area contributed by atoms with Crippen molar-refractivity contribution in [1.29, 1.82) is 0 Å². The van der Waals surface area contributed by atoms with Crippen molar-refractivity contribution in [2.45, 2.75) is 12.3 Å². The van der Waals surface area contributed by atoms with Gasteiger partial charge in [0.1, 0.15) is 11.2 Å². The fourth-order valence-corrected chi connectivity index (χ4v) is 0.862. The Bertz CT molecular complexity index is 314. The molecular weight excluding hydrogens is 193 g/mol. The van der Waals surface area contributed by atoms with Gasteiger partial charge >= 0.3 is 0 Å². The number of benzene rings is 1. The van der Waals surface area contributed by atoms with Gasteiger partial charge in [-0.15, -0.1) is 11.6 Å². The molecule has 0 aliphatic rings. The third kappa shape index (κ3) is 3.03. The molecule has 1 atom stereocenters. The molecule has 4 heteroatoms. The third-order valence-corrected chi connectivity index (χ3v) is 1.65. The molecular formula is C9H9ClFNO. The van der Waals surface area contributed by atoms with E-state index in [1.807, 2.05) is 0 Å². The summed E-state index contributed by atoms with van der Waals surface area (Å²) in [5.41, 5.74) is 0.414. The van der Waals surface area contributed by atoms with Gasteiger partial charge in [-0.3, -0.25) is 4.79 Å². The minimum absolute atomic E-state index is 0.340. The Hall–Kier alpha value is -1.09. The Morgan fingerprint density at radius 3 is 2.85 bits per heavy atom. The van der Waals surface area contributed by atoms with Crippen molar-refractivity contribution in [3.8, 4) is 0 Å². The Balaban J connectivity index is 2.69. The molecule has 0 aliphatic heterocycles. The lowest BCUT2D eigenvalue weighted by Crippen LogP contribution is -2.20. The van der Waals surface area contributed by atoms with Crippen molar-refractivity contribution in [3.63, 3.8) is 0 Å². The standard InChI is InChI=1S/C9H9ClFNO/c1-6(10)9(13)12-8-4-2-3-7(11)5-8/h2-6H,1H3,(H,12,13). The zero-order chi connectivity index (χ0) is 9.84. The number of anilines is 1. The summed E-state index contributed by atoms with van der Waals surface area (Å²) in [7, 11) is 0. The van der Waals surface area contributed by atoms with E-state index in [0.29, 0.717) is 5.69 Å². The first-order valence-electron chi connectivity index (χ1n) is 3.80. The predicted molar refractivity (Wildman–Crippen MR) is 50.3 cm³/mol. The first-order chi connectivity index (χ1) is 6.09. The lowest BCUT2D eigenvalue weighted by Gasteiger charge is -2.05. The molecule has 1 N–H and O–H groups in total. The molecule has 0 fully saturated rings. The lowest BCUT2D eigenvalue weighted by molar-refractivity contribution is -0.115. The first-order valence-corrected chi connectivity index (χ1v) is 4.24.